The second kappa shape index (κ2) is 4.54. The van der Waals surface area contributed by atoms with Crippen molar-refractivity contribution in [2.45, 2.75) is 13.3 Å². The van der Waals surface area contributed by atoms with Gasteiger partial charge in [0.15, 0.2) is 0 Å². The highest BCUT2D eigenvalue weighted by molar-refractivity contribution is 6.01. The number of halogens is 1. The van der Waals surface area contributed by atoms with E-state index in [1.165, 1.54) is 6.07 Å². The molecule has 0 saturated carbocycles. The van der Waals surface area contributed by atoms with E-state index in [1.54, 1.807) is 6.92 Å². The van der Waals surface area contributed by atoms with Crippen molar-refractivity contribution in [3.8, 4) is 0 Å². The fraction of sp³-hybridized carbons (Fsp3) is 0.200. The molecule has 1 rings (SSSR count). The molecule has 0 spiro atoms. The fourth-order valence-electron chi connectivity index (χ4n) is 1.20. The molecule has 0 aliphatic carbocycles. The van der Waals surface area contributed by atoms with Crippen molar-refractivity contribution in [3.63, 3.8) is 0 Å². The zero-order valence-corrected chi connectivity index (χ0v) is 8.07. The summed E-state index contributed by atoms with van der Waals surface area (Å²) < 4.78 is 13.0. The number of benzene rings is 1. The monoisotopic (exact) mass is 211 g/mol. The van der Waals surface area contributed by atoms with Gasteiger partial charge in [-0.15, -0.1) is 0 Å². The summed E-state index contributed by atoms with van der Waals surface area (Å²) >= 11 is 0. The molecule has 2 N–H and O–H groups in total. The van der Waals surface area contributed by atoms with Crippen LogP contribution in [0.5, 0.6) is 0 Å². The molecular formula is C10H10FNO3. The van der Waals surface area contributed by atoms with Crippen LogP contribution in [0.25, 0.3) is 0 Å². The van der Waals surface area contributed by atoms with Gasteiger partial charge in [-0.05, 0) is 18.6 Å². The second-order valence-corrected chi connectivity index (χ2v) is 2.90. The van der Waals surface area contributed by atoms with E-state index in [9.17, 15) is 9.18 Å². The largest absolute Gasteiger partial charge is 0.478 e. The van der Waals surface area contributed by atoms with Crippen LogP contribution in [-0.2, 0) is 0 Å². The van der Waals surface area contributed by atoms with Gasteiger partial charge in [0.05, 0.1) is 11.3 Å². The molecule has 0 radical (unpaired) electrons. The number of carboxylic acid groups (broad SMARTS) is 1. The Balaban J connectivity index is 3.24. The van der Waals surface area contributed by atoms with E-state index >= 15 is 0 Å². The van der Waals surface area contributed by atoms with Crippen molar-refractivity contribution in [3.05, 3.63) is 35.1 Å². The van der Waals surface area contributed by atoms with E-state index in [4.69, 9.17) is 10.3 Å². The van der Waals surface area contributed by atoms with Crippen LogP contribution in [-0.4, -0.2) is 22.0 Å². The van der Waals surface area contributed by atoms with E-state index in [1.807, 2.05) is 0 Å². The summed E-state index contributed by atoms with van der Waals surface area (Å²) in [4.78, 5) is 10.6. The van der Waals surface area contributed by atoms with Crippen LogP contribution in [0.15, 0.2) is 23.4 Å². The number of oxime groups is 1. The second-order valence-electron chi connectivity index (χ2n) is 2.90. The predicted octanol–water partition coefficient (Wildman–Crippen LogP) is 2.11. The third-order valence-electron chi connectivity index (χ3n) is 1.99. The number of carboxylic acids is 1. The minimum Gasteiger partial charge on any atom is -0.478 e. The van der Waals surface area contributed by atoms with Gasteiger partial charge in [-0.2, -0.15) is 0 Å². The van der Waals surface area contributed by atoms with Gasteiger partial charge in [-0.25, -0.2) is 9.18 Å². The maximum atomic E-state index is 13.0. The van der Waals surface area contributed by atoms with Crippen molar-refractivity contribution >= 4 is 11.7 Å². The molecule has 0 unspecified atom stereocenters. The molecule has 1 aromatic rings. The molecule has 4 nitrogen and oxygen atoms in total. The van der Waals surface area contributed by atoms with Gasteiger partial charge in [-0.1, -0.05) is 18.1 Å². The molecule has 0 aliphatic heterocycles. The predicted molar refractivity (Wildman–Crippen MR) is 52.0 cm³/mol. The maximum absolute atomic E-state index is 13.0. The molecule has 0 bridgehead atoms. The van der Waals surface area contributed by atoms with Crippen LogP contribution in [0.4, 0.5) is 4.39 Å². The molecular weight excluding hydrogens is 201 g/mol. The zero-order chi connectivity index (χ0) is 11.4. The number of hydrogen-bond donors (Lipinski definition) is 2. The van der Waals surface area contributed by atoms with Crippen LogP contribution in [0.1, 0.15) is 29.3 Å². The van der Waals surface area contributed by atoms with E-state index in [0.717, 1.165) is 12.1 Å². The number of aromatic carboxylic acids is 1. The van der Waals surface area contributed by atoms with Crippen LogP contribution >= 0.6 is 0 Å². The van der Waals surface area contributed by atoms with E-state index in [0.29, 0.717) is 17.7 Å². The standard InChI is InChI=1S/C10H10FNO3/c1-2-9(12-15)6-3-4-8(11)7(5-6)10(13)14/h3-5,15H,2H2,1H3,(H,13,14). The number of carbonyl (C=O) groups is 1. The molecule has 80 valence electrons. The zero-order valence-electron chi connectivity index (χ0n) is 8.07. The molecule has 0 saturated heterocycles. The molecule has 0 aliphatic rings. The highest BCUT2D eigenvalue weighted by Crippen LogP contribution is 2.12. The molecule has 0 amide bonds. The summed E-state index contributed by atoms with van der Waals surface area (Å²) in [5, 5.41) is 20.3. The van der Waals surface area contributed by atoms with Crippen molar-refractivity contribution < 1.29 is 19.5 Å². The normalized spacial score (nSPS) is 11.5. The molecule has 1 aromatic carbocycles. The van der Waals surface area contributed by atoms with Gasteiger partial charge in [0.2, 0.25) is 0 Å². The smallest absolute Gasteiger partial charge is 0.338 e. The molecule has 0 fully saturated rings. The van der Waals surface area contributed by atoms with Crippen LogP contribution in [0.3, 0.4) is 0 Å². The van der Waals surface area contributed by atoms with Crippen LogP contribution in [0, 0.1) is 5.82 Å². The Morgan fingerprint density at radius 3 is 2.67 bits per heavy atom. The Hall–Kier alpha value is -1.91. The third kappa shape index (κ3) is 2.31. The number of hydrogen-bond acceptors (Lipinski definition) is 3. The van der Waals surface area contributed by atoms with E-state index in [-0.39, 0.29) is 0 Å². The highest BCUT2D eigenvalue weighted by atomic mass is 19.1. The first-order chi connectivity index (χ1) is 7.10. The highest BCUT2D eigenvalue weighted by Gasteiger charge is 2.12. The molecule has 0 heterocycles. The van der Waals surface area contributed by atoms with E-state index < -0.39 is 17.3 Å². The topological polar surface area (TPSA) is 69.9 Å². The van der Waals surface area contributed by atoms with Crippen molar-refractivity contribution in [2.24, 2.45) is 5.16 Å². The summed E-state index contributed by atoms with van der Waals surface area (Å²) in [6.45, 7) is 1.75. The van der Waals surface area contributed by atoms with Crippen molar-refractivity contribution in [1.82, 2.24) is 0 Å². The van der Waals surface area contributed by atoms with Gasteiger partial charge in [-0.3, -0.25) is 0 Å². The first-order valence-corrected chi connectivity index (χ1v) is 4.34. The third-order valence-corrected chi connectivity index (χ3v) is 1.99. The molecule has 0 atom stereocenters. The summed E-state index contributed by atoms with van der Waals surface area (Å²) in [5.74, 6) is -2.15. The SMILES string of the molecule is CCC(=NO)c1ccc(F)c(C(=O)O)c1. The average molecular weight is 211 g/mol. The van der Waals surface area contributed by atoms with Crippen LogP contribution in [0.2, 0.25) is 0 Å². The summed E-state index contributed by atoms with van der Waals surface area (Å²) in [7, 11) is 0. The maximum Gasteiger partial charge on any atom is 0.338 e. The summed E-state index contributed by atoms with van der Waals surface area (Å²) in [6, 6.07) is 3.57. The lowest BCUT2D eigenvalue weighted by molar-refractivity contribution is 0.0692. The summed E-state index contributed by atoms with van der Waals surface area (Å²) in [6.07, 6.45) is 0.432. The van der Waals surface area contributed by atoms with Gasteiger partial charge in [0, 0.05) is 5.56 Å². The summed E-state index contributed by atoms with van der Waals surface area (Å²) in [5.41, 5.74) is 0.290. The van der Waals surface area contributed by atoms with E-state index in [2.05, 4.69) is 5.16 Å². The quantitative estimate of drug-likeness (QED) is 0.457. The Morgan fingerprint density at radius 1 is 1.53 bits per heavy atom. The lowest BCUT2D eigenvalue weighted by Crippen LogP contribution is -2.05. The van der Waals surface area contributed by atoms with Gasteiger partial charge >= 0.3 is 5.97 Å². The first-order valence-electron chi connectivity index (χ1n) is 4.34. The Bertz CT molecular complexity index is 415. The Kier molecular flexibility index (Phi) is 3.38. The number of nitrogens with zero attached hydrogens (tertiary/aromatic N) is 1. The average Bonchev–Trinajstić information content (AvgIpc) is 2.21. The minimum absolute atomic E-state index is 0.317. The number of rotatable bonds is 3. The Morgan fingerprint density at radius 2 is 2.20 bits per heavy atom. The molecule has 0 aromatic heterocycles. The lowest BCUT2D eigenvalue weighted by atomic mass is 10.0. The minimum atomic E-state index is -1.34. The molecule has 5 heteroatoms. The lowest BCUT2D eigenvalue weighted by Gasteiger charge is -2.03. The van der Waals surface area contributed by atoms with Gasteiger partial charge < -0.3 is 10.3 Å². The Labute approximate surface area is 85.7 Å². The van der Waals surface area contributed by atoms with Crippen molar-refractivity contribution in [1.29, 1.82) is 0 Å². The van der Waals surface area contributed by atoms with Gasteiger partial charge in [0.25, 0.3) is 0 Å². The first kappa shape index (κ1) is 11.2. The van der Waals surface area contributed by atoms with Crippen molar-refractivity contribution in [2.75, 3.05) is 0 Å². The van der Waals surface area contributed by atoms with Crippen LogP contribution < -0.4 is 0 Å². The fourth-order valence-corrected chi connectivity index (χ4v) is 1.20. The molecule has 15 heavy (non-hydrogen) atoms. The van der Waals surface area contributed by atoms with Gasteiger partial charge in [0.1, 0.15) is 5.82 Å².